The summed E-state index contributed by atoms with van der Waals surface area (Å²) in [7, 11) is 0.270. The topological polar surface area (TPSA) is 86.5 Å². The number of nitrogens with zero attached hydrogens (tertiary/aromatic N) is 4. The molecule has 27 heavy (non-hydrogen) atoms. The monoisotopic (exact) mass is 387 g/mol. The number of azo groups is 1. The molecular weight excluding hydrogens is 362 g/mol. The number of rotatable bonds is 9. The Labute approximate surface area is 160 Å². The summed E-state index contributed by atoms with van der Waals surface area (Å²) in [5.41, 5.74) is 2.37. The smallest absolute Gasteiger partial charge is 0.276 e. The molecule has 0 aromatic heterocycles. The summed E-state index contributed by atoms with van der Waals surface area (Å²) in [5, 5.41) is 12.1. The maximum absolute atomic E-state index is 12.2. The second kappa shape index (κ2) is 9.82. The number of anilines is 1. The molecule has 0 bridgehead atoms. The molecule has 0 heterocycles. The van der Waals surface area contributed by atoms with Crippen LogP contribution >= 0.6 is 0 Å². The lowest BCUT2D eigenvalue weighted by atomic mass is 10.3. The Balaban J connectivity index is 2.00. The third-order valence-electron chi connectivity index (χ3n) is 3.75. The molecule has 0 fully saturated rings. The minimum absolute atomic E-state index is 0.129. The van der Waals surface area contributed by atoms with E-state index >= 15 is 0 Å². The second-order valence-corrected chi connectivity index (χ2v) is 7.81. The molecule has 0 aliphatic heterocycles. The van der Waals surface area contributed by atoms with Gasteiger partial charge in [0.15, 0.2) is 0 Å². The van der Waals surface area contributed by atoms with Gasteiger partial charge in [-0.05, 0) is 61.4 Å². The molecule has 2 rings (SSSR count). The minimum Gasteiger partial charge on any atom is -0.378 e. The first-order valence-corrected chi connectivity index (χ1v) is 10.2. The molecule has 2 aromatic rings. The number of hydrogen-bond donors (Lipinski definition) is 1. The van der Waals surface area contributed by atoms with E-state index < -0.39 is 10.0 Å². The molecule has 0 atom stereocenters. The van der Waals surface area contributed by atoms with Crippen LogP contribution in [0.15, 0.2) is 68.8 Å². The zero-order valence-corrected chi connectivity index (χ0v) is 16.6. The van der Waals surface area contributed by atoms with Gasteiger partial charge < -0.3 is 4.90 Å². The van der Waals surface area contributed by atoms with Crippen LogP contribution in [0, 0.1) is 0 Å². The van der Waals surface area contributed by atoms with Gasteiger partial charge in [0.05, 0.1) is 16.3 Å². The predicted molar refractivity (Wildman–Crippen MR) is 110 cm³/mol. The summed E-state index contributed by atoms with van der Waals surface area (Å²) in [6, 6.07) is 13.8. The van der Waals surface area contributed by atoms with Crippen LogP contribution < -0.4 is 9.73 Å². The molecule has 0 saturated carbocycles. The quantitative estimate of drug-likeness (QED) is 0.295. The Morgan fingerprint density at radius 2 is 1.52 bits per heavy atom. The fraction of sp³-hybridized carbons (Fsp3) is 0.316. The first-order chi connectivity index (χ1) is 12.9. The molecule has 0 aliphatic carbocycles. The molecule has 0 unspecified atom stereocenters. The maximum Gasteiger partial charge on any atom is 0.276 e. The van der Waals surface area contributed by atoms with Gasteiger partial charge in [0.25, 0.3) is 10.0 Å². The van der Waals surface area contributed by atoms with E-state index in [9.17, 15) is 8.42 Å². The van der Waals surface area contributed by atoms with Crippen LogP contribution in [0.2, 0.25) is 0 Å². The van der Waals surface area contributed by atoms with Gasteiger partial charge in [0.1, 0.15) is 0 Å². The van der Waals surface area contributed by atoms with Crippen molar-refractivity contribution in [1.29, 1.82) is 0 Å². The highest BCUT2D eigenvalue weighted by molar-refractivity contribution is 7.89. The lowest BCUT2D eigenvalue weighted by Crippen LogP contribution is -2.18. The first-order valence-electron chi connectivity index (χ1n) is 8.75. The van der Waals surface area contributed by atoms with Crippen molar-refractivity contribution in [2.75, 3.05) is 19.0 Å². The van der Waals surface area contributed by atoms with Gasteiger partial charge in [-0.3, -0.25) is 0 Å². The van der Waals surface area contributed by atoms with Gasteiger partial charge in [-0.1, -0.05) is 13.3 Å². The highest BCUT2D eigenvalue weighted by Crippen LogP contribution is 2.22. The van der Waals surface area contributed by atoms with E-state index in [-0.39, 0.29) is 4.90 Å². The standard InChI is InChI=1S/C19H25N5O2S/c1-4-5-6-15-20-23-27(25,26)19-13-9-17(10-14-19)22-21-16-7-11-18(12-8-16)24(2)3/h7-15,23H,4-6H2,1-3H3/b20-15+,22-21?. The van der Waals surface area contributed by atoms with Gasteiger partial charge >= 0.3 is 0 Å². The fourth-order valence-electron chi connectivity index (χ4n) is 2.14. The normalized spacial score (nSPS) is 12.0. The molecule has 8 heteroatoms. The molecule has 0 radical (unpaired) electrons. The number of nitrogens with one attached hydrogen (secondary N) is 1. The molecule has 0 saturated heterocycles. The Kier molecular flexibility index (Phi) is 7.48. The summed E-state index contributed by atoms with van der Waals surface area (Å²) < 4.78 is 24.3. The Morgan fingerprint density at radius 1 is 0.963 bits per heavy atom. The molecule has 0 amide bonds. The lowest BCUT2D eigenvalue weighted by molar-refractivity contribution is 0.584. The van der Waals surface area contributed by atoms with E-state index in [1.54, 1.807) is 18.3 Å². The van der Waals surface area contributed by atoms with Gasteiger partial charge in [-0.2, -0.15) is 23.7 Å². The van der Waals surface area contributed by atoms with Crippen LogP contribution in [0.25, 0.3) is 0 Å². The van der Waals surface area contributed by atoms with E-state index in [1.807, 2.05) is 43.3 Å². The number of sulfonamides is 1. The number of benzene rings is 2. The van der Waals surface area contributed by atoms with Crippen LogP contribution in [0.5, 0.6) is 0 Å². The summed E-state index contributed by atoms with van der Waals surface area (Å²) in [4.78, 5) is 4.34. The van der Waals surface area contributed by atoms with Crippen molar-refractivity contribution < 1.29 is 8.42 Å². The zero-order valence-electron chi connectivity index (χ0n) is 15.8. The molecule has 144 valence electrons. The Morgan fingerprint density at radius 3 is 2.04 bits per heavy atom. The predicted octanol–water partition coefficient (Wildman–Crippen LogP) is 4.62. The summed E-state index contributed by atoms with van der Waals surface area (Å²) in [5.74, 6) is 0. The molecular formula is C19H25N5O2S. The van der Waals surface area contributed by atoms with E-state index in [4.69, 9.17) is 0 Å². The zero-order chi connectivity index (χ0) is 19.7. The number of hydrogen-bond acceptors (Lipinski definition) is 6. The summed E-state index contributed by atoms with van der Waals surface area (Å²) in [6.07, 6.45) is 4.33. The number of unbranched alkanes of at least 4 members (excludes halogenated alkanes) is 2. The van der Waals surface area contributed by atoms with Crippen molar-refractivity contribution in [2.45, 2.75) is 31.1 Å². The SMILES string of the molecule is CCCC/C=N/NS(=O)(=O)c1ccc(N=Nc2ccc(N(C)C)cc2)cc1. The third kappa shape index (κ3) is 6.49. The Hall–Kier alpha value is -2.74. The van der Waals surface area contributed by atoms with Crippen LogP contribution in [0.4, 0.5) is 17.1 Å². The summed E-state index contributed by atoms with van der Waals surface area (Å²) in [6.45, 7) is 2.07. The van der Waals surface area contributed by atoms with Crippen LogP contribution in [-0.4, -0.2) is 28.7 Å². The lowest BCUT2D eigenvalue weighted by Gasteiger charge is -2.11. The highest BCUT2D eigenvalue weighted by atomic mass is 32.2. The van der Waals surface area contributed by atoms with E-state index in [2.05, 4.69) is 27.1 Å². The van der Waals surface area contributed by atoms with Crippen molar-refractivity contribution in [1.82, 2.24) is 4.83 Å². The largest absolute Gasteiger partial charge is 0.378 e. The average Bonchev–Trinajstić information content (AvgIpc) is 2.67. The number of hydrazone groups is 1. The van der Waals surface area contributed by atoms with Crippen LogP contribution in [0.1, 0.15) is 26.2 Å². The molecule has 0 spiro atoms. The van der Waals surface area contributed by atoms with Crippen molar-refractivity contribution in [3.05, 3.63) is 48.5 Å². The third-order valence-corrected chi connectivity index (χ3v) is 4.98. The van der Waals surface area contributed by atoms with Crippen LogP contribution in [0.3, 0.4) is 0 Å². The molecule has 7 nitrogen and oxygen atoms in total. The Bertz CT molecular complexity index is 873. The van der Waals surface area contributed by atoms with Gasteiger partial charge in [-0.25, -0.2) is 4.83 Å². The van der Waals surface area contributed by atoms with Gasteiger partial charge in [-0.15, -0.1) is 0 Å². The van der Waals surface area contributed by atoms with E-state index in [1.165, 1.54) is 12.1 Å². The molecule has 0 aliphatic rings. The van der Waals surface area contributed by atoms with Gasteiger partial charge in [0.2, 0.25) is 0 Å². The van der Waals surface area contributed by atoms with Crippen molar-refractivity contribution in [2.24, 2.45) is 15.3 Å². The highest BCUT2D eigenvalue weighted by Gasteiger charge is 2.12. The molecule has 1 N–H and O–H groups in total. The van der Waals surface area contributed by atoms with Gasteiger partial charge in [0, 0.05) is 26.0 Å². The van der Waals surface area contributed by atoms with Crippen molar-refractivity contribution >= 4 is 33.3 Å². The van der Waals surface area contributed by atoms with E-state index in [0.717, 1.165) is 30.6 Å². The van der Waals surface area contributed by atoms with Crippen molar-refractivity contribution in [3.63, 3.8) is 0 Å². The summed E-state index contributed by atoms with van der Waals surface area (Å²) >= 11 is 0. The average molecular weight is 388 g/mol. The fourth-order valence-corrected chi connectivity index (χ4v) is 2.96. The first kappa shape index (κ1) is 20.6. The van der Waals surface area contributed by atoms with Crippen LogP contribution in [-0.2, 0) is 10.0 Å². The van der Waals surface area contributed by atoms with Crippen molar-refractivity contribution in [3.8, 4) is 0 Å². The second-order valence-electron chi connectivity index (χ2n) is 6.15. The molecule has 2 aromatic carbocycles. The minimum atomic E-state index is -3.67. The maximum atomic E-state index is 12.2. The van der Waals surface area contributed by atoms with E-state index in [0.29, 0.717) is 5.69 Å².